The molecule has 7 nitrogen and oxygen atoms in total. The lowest BCUT2D eigenvalue weighted by Crippen LogP contribution is -2.36. The molecule has 26 heavy (non-hydrogen) atoms. The molecule has 2 heterocycles. The molecule has 0 spiro atoms. The van der Waals surface area contributed by atoms with Gasteiger partial charge in [-0.25, -0.2) is 14.2 Å². The number of thiophene rings is 1. The van der Waals surface area contributed by atoms with E-state index in [0.717, 1.165) is 22.2 Å². The first-order valence-electron chi connectivity index (χ1n) is 7.36. The van der Waals surface area contributed by atoms with Crippen LogP contribution in [0, 0.1) is 12.7 Å². The van der Waals surface area contributed by atoms with E-state index >= 15 is 0 Å². The predicted molar refractivity (Wildman–Crippen MR) is 98.8 cm³/mol. The molecule has 0 fully saturated rings. The summed E-state index contributed by atoms with van der Waals surface area (Å²) in [6.07, 6.45) is 0. The first kappa shape index (κ1) is 18.1. The van der Waals surface area contributed by atoms with Crippen LogP contribution in [0.15, 0.2) is 34.2 Å². The van der Waals surface area contributed by atoms with Crippen molar-refractivity contribution in [3.8, 4) is 11.1 Å². The normalized spacial score (nSPS) is 10.8. The molecule has 3 amide bonds. The number of nitrogens with one attached hydrogen (secondary N) is 2. The number of carbonyl (C=O) groups is 2. The van der Waals surface area contributed by atoms with E-state index in [1.54, 1.807) is 12.1 Å². The number of rotatable bonds is 4. The molecule has 3 rings (SSSR count). The van der Waals surface area contributed by atoms with Gasteiger partial charge in [0.2, 0.25) is 5.91 Å². The number of thioether (sulfide) groups is 1. The van der Waals surface area contributed by atoms with Crippen molar-refractivity contribution in [2.24, 2.45) is 5.73 Å². The molecule has 2 aromatic heterocycles. The van der Waals surface area contributed by atoms with Gasteiger partial charge in [-0.1, -0.05) is 23.9 Å². The number of nitrogens with two attached hydrogens (primary N) is 1. The average molecular weight is 392 g/mol. The molecule has 10 heteroatoms. The third-order valence-electron chi connectivity index (χ3n) is 3.45. The Balaban J connectivity index is 1.96. The van der Waals surface area contributed by atoms with Gasteiger partial charge in [-0.3, -0.25) is 14.9 Å². The topological polar surface area (TPSA) is 118 Å². The molecule has 0 atom stereocenters. The second-order valence-electron chi connectivity index (χ2n) is 5.29. The maximum atomic E-state index is 13.2. The van der Waals surface area contributed by atoms with Crippen LogP contribution in [-0.2, 0) is 4.79 Å². The fourth-order valence-electron chi connectivity index (χ4n) is 2.44. The minimum Gasteiger partial charge on any atom is -0.351 e. The van der Waals surface area contributed by atoms with E-state index in [1.807, 2.05) is 12.2 Å². The van der Waals surface area contributed by atoms with Gasteiger partial charge in [-0.2, -0.15) is 0 Å². The Morgan fingerprint density at radius 3 is 2.69 bits per heavy atom. The number of hydrogen-bond acceptors (Lipinski definition) is 6. The van der Waals surface area contributed by atoms with Crippen LogP contribution in [0.25, 0.3) is 21.3 Å². The predicted octanol–water partition coefficient (Wildman–Crippen LogP) is 2.39. The molecule has 134 valence electrons. The van der Waals surface area contributed by atoms with Crippen molar-refractivity contribution < 1.29 is 14.0 Å². The summed E-state index contributed by atoms with van der Waals surface area (Å²) < 4.78 is 13.2. The van der Waals surface area contributed by atoms with E-state index in [1.165, 1.54) is 23.5 Å². The third kappa shape index (κ3) is 3.75. The Bertz CT molecular complexity index is 1060. The number of halogens is 1. The van der Waals surface area contributed by atoms with Gasteiger partial charge >= 0.3 is 6.03 Å². The maximum Gasteiger partial charge on any atom is 0.318 e. The number of amides is 3. The molecule has 0 aliphatic rings. The molecule has 0 aliphatic carbocycles. The van der Waals surface area contributed by atoms with Crippen molar-refractivity contribution in [1.29, 1.82) is 0 Å². The minimum atomic E-state index is -0.940. The Labute approximate surface area is 154 Å². The number of imide groups is 1. The zero-order valence-electron chi connectivity index (χ0n) is 13.5. The zero-order chi connectivity index (χ0) is 18.8. The van der Waals surface area contributed by atoms with Crippen molar-refractivity contribution in [2.75, 3.05) is 5.75 Å². The van der Waals surface area contributed by atoms with Crippen LogP contribution in [0.2, 0.25) is 0 Å². The van der Waals surface area contributed by atoms with Crippen LogP contribution in [0.4, 0.5) is 9.18 Å². The summed E-state index contributed by atoms with van der Waals surface area (Å²) in [5, 5.41) is 2.62. The number of aryl methyl sites for hydroxylation is 1. The highest BCUT2D eigenvalue weighted by atomic mass is 32.2. The molecule has 0 radical (unpaired) electrons. The summed E-state index contributed by atoms with van der Waals surface area (Å²) in [5.41, 5.74) is 5.95. The lowest BCUT2D eigenvalue weighted by molar-refractivity contribution is -0.117. The maximum absolute atomic E-state index is 13.2. The van der Waals surface area contributed by atoms with E-state index in [0.29, 0.717) is 15.8 Å². The number of benzene rings is 1. The molecule has 0 saturated carbocycles. The molecule has 0 unspecified atom stereocenters. The Hall–Kier alpha value is -2.72. The highest BCUT2D eigenvalue weighted by Crippen LogP contribution is 2.36. The standard InChI is InChI=1S/C16H13FN4O3S2/c1-7-11(8-2-4-9(17)5-3-8)12-13(23)20-16(21-14(12)26-7)25-6-10(22)19-15(18)24/h2-5H,6H2,1H3,(H,20,21,23)(H3,18,19,22,24). The summed E-state index contributed by atoms with van der Waals surface area (Å²) in [6.45, 7) is 1.86. The molecular formula is C16H13FN4O3S2. The average Bonchev–Trinajstić information content (AvgIpc) is 2.90. The Kier molecular flexibility index (Phi) is 5.05. The summed E-state index contributed by atoms with van der Waals surface area (Å²) >= 11 is 2.32. The minimum absolute atomic E-state index is 0.118. The fraction of sp³-hybridized carbons (Fsp3) is 0.125. The number of fused-ring (bicyclic) bond motifs is 1. The van der Waals surface area contributed by atoms with Crippen molar-refractivity contribution in [2.45, 2.75) is 12.1 Å². The monoisotopic (exact) mass is 392 g/mol. The first-order chi connectivity index (χ1) is 12.3. The van der Waals surface area contributed by atoms with Gasteiger partial charge in [0.05, 0.1) is 11.1 Å². The highest BCUT2D eigenvalue weighted by molar-refractivity contribution is 7.99. The largest absolute Gasteiger partial charge is 0.351 e. The summed E-state index contributed by atoms with van der Waals surface area (Å²) in [4.78, 5) is 43.0. The number of H-pyrrole nitrogens is 1. The van der Waals surface area contributed by atoms with Crippen LogP contribution >= 0.6 is 23.1 Å². The van der Waals surface area contributed by atoms with Gasteiger partial charge in [0.25, 0.3) is 5.56 Å². The van der Waals surface area contributed by atoms with Gasteiger partial charge in [0, 0.05) is 10.4 Å². The van der Waals surface area contributed by atoms with E-state index < -0.39 is 11.9 Å². The van der Waals surface area contributed by atoms with Crippen molar-refractivity contribution >= 4 is 45.3 Å². The number of aromatic nitrogens is 2. The number of urea groups is 1. The molecule has 4 N–H and O–H groups in total. The van der Waals surface area contributed by atoms with E-state index in [2.05, 4.69) is 9.97 Å². The fourth-order valence-corrected chi connectivity index (χ4v) is 4.20. The number of nitrogens with zero attached hydrogens (tertiary/aromatic N) is 1. The van der Waals surface area contributed by atoms with Crippen LogP contribution in [0.3, 0.4) is 0 Å². The molecule has 1 aromatic carbocycles. The van der Waals surface area contributed by atoms with Gasteiger partial charge < -0.3 is 10.7 Å². The summed E-state index contributed by atoms with van der Waals surface area (Å²) in [5.74, 6) is -1.06. The zero-order valence-corrected chi connectivity index (χ0v) is 15.1. The lowest BCUT2D eigenvalue weighted by atomic mass is 10.0. The van der Waals surface area contributed by atoms with E-state index in [-0.39, 0.29) is 22.3 Å². The van der Waals surface area contributed by atoms with Crippen LogP contribution in [0.5, 0.6) is 0 Å². The van der Waals surface area contributed by atoms with E-state index in [9.17, 15) is 18.8 Å². The molecule has 3 aromatic rings. The van der Waals surface area contributed by atoms with Gasteiger partial charge in [0.15, 0.2) is 5.16 Å². The second kappa shape index (κ2) is 7.26. The number of carbonyl (C=O) groups excluding carboxylic acids is 2. The molecule has 0 aliphatic heterocycles. The first-order valence-corrected chi connectivity index (χ1v) is 9.17. The number of aromatic amines is 1. The molecule has 0 saturated heterocycles. The molecule has 0 bridgehead atoms. The van der Waals surface area contributed by atoms with Gasteiger partial charge in [-0.15, -0.1) is 11.3 Å². The van der Waals surface area contributed by atoms with Crippen molar-refractivity contribution in [3.63, 3.8) is 0 Å². The lowest BCUT2D eigenvalue weighted by Gasteiger charge is -2.03. The van der Waals surface area contributed by atoms with Crippen molar-refractivity contribution in [1.82, 2.24) is 15.3 Å². The SMILES string of the molecule is Cc1sc2nc(SCC(=O)NC(N)=O)[nH]c(=O)c2c1-c1ccc(F)cc1. The quantitative estimate of drug-likeness (QED) is 0.465. The summed E-state index contributed by atoms with van der Waals surface area (Å²) in [7, 11) is 0. The summed E-state index contributed by atoms with van der Waals surface area (Å²) in [6, 6.07) is 4.95. The number of primary amides is 1. The molecular weight excluding hydrogens is 379 g/mol. The highest BCUT2D eigenvalue weighted by Gasteiger charge is 2.17. The Morgan fingerprint density at radius 1 is 1.35 bits per heavy atom. The number of hydrogen-bond donors (Lipinski definition) is 3. The van der Waals surface area contributed by atoms with Crippen LogP contribution < -0.4 is 16.6 Å². The smallest absolute Gasteiger partial charge is 0.318 e. The van der Waals surface area contributed by atoms with Crippen LogP contribution in [-0.4, -0.2) is 27.7 Å². The van der Waals surface area contributed by atoms with Crippen LogP contribution in [0.1, 0.15) is 4.88 Å². The van der Waals surface area contributed by atoms with Gasteiger partial charge in [0.1, 0.15) is 10.6 Å². The van der Waals surface area contributed by atoms with Gasteiger partial charge in [-0.05, 0) is 24.6 Å². The Morgan fingerprint density at radius 2 is 2.04 bits per heavy atom. The van der Waals surface area contributed by atoms with Crippen molar-refractivity contribution in [3.05, 3.63) is 45.3 Å². The third-order valence-corrected chi connectivity index (χ3v) is 5.32. The second-order valence-corrected chi connectivity index (χ2v) is 7.46. The van der Waals surface area contributed by atoms with E-state index in [4.69, 9.17) is 5.73 Å².